The van der Waals surface area contributed by atoms with Gasteiger partial charge in [-0.05, 0) is 24.6 Å². The number of likely N-dealkylation sites (tertiary alicyclic amines) is 1. The Labute approximate surface area is 167 Å². The first-order chi connectivity index (χ1) is 13.9. The zero-order valence-corrected chi connectivity index (χ0v) is 16.3. The number of amides is 2. The number of benzene rings is 1. The third kappa shape index (κ3) is 5.00. The zero-order valence-electron chi connectivity index (χ0n) is 16.3. The molecule has 0 bridgehead atoms. The lowest BCUT2D eigenvalue weighted by Crippen LogP contribution is -2.46. The van der Waals surface area contributed by atoms with E-state index in [2.05, 4.69) is 15.2 Å². The average molecular weight is 401 g/mol. The number of aryl methyl sites for hydroxylation is 1. The highest BCUT2D eigenvalue weighted by atomic mass is 16.5. The van der Waals surface area contributed by atoms with Crippen LogP contribution in [0.1, 0.15) is 33.8 Å². The summed E-state index contributed by atoms with van der Waals surface area (Å²) in [4.78, 5) is 38.1. The number of ether oxygens (including phenoxy) is 1. The summed E-state index contributed by atoms with van der Waals surface area (Å²) < 4.78 is 9.71. The van der Waals surface area contributed by atoms with Crippen LogP contribution in [-0.4, -0.2) is 58.7 Å². The van der Waals surface area contributed by atoms with E-state index in [4.69, 9.17) is 4.52 Å². The minimum absolute atomic E-state index is 0.0215. The molecule has 29 heavy (non-hydrogen) atoms. The highest BCUT2D eigenvalue weighted by molar-refractivity contribution is 5.90. The summed E-state index contributed by atoms with van der Waals surface area (Å²) in [6, 6.07) is 7.56. The Morgan fingerprint density at radius 2 is 2.03 bits per heavy atom. The van der Waals surface area contributed by atoms with Crippen molar-refractivity contribution >= 4 is 17.8 Å². The Morgan fingerprint density at radius 1 is 1.31 bits per heavy atom. The number of aliphatic hydroxyl groups excluding tert-OH is 1. The lowest BCUT2D eigenvalue weighted by atomic mass is 10.1. The van der Waals surface area contributed by atoms with Crippen LogP contribution in [0.25, 0.3) is 0 Å². The largest absolute Gasteiger partial charge is 0.465 e. The molecule has 1 aromatic carbocycles. The van der Waals surface area contributed by atoms with Crippen molar-refractivity contribution in [2.45, 2.75) is 38.5 Å². The summed E-state index contributed by atoms with van der Waals surface area (Å²) in [6.45, 7) is 2.08. The van der Waals surface area contributed by atoms with Crippen molar-refractivity contribution in [3.05, 3.63) is 52.9 Å². The van der Waals surface area contributed by atoms with Gasteiger partial charge in [-0.3, -0.25) is 9.59 Å². The number of nitrogens with one attached hydrogen (secondary N) is 1. The molecule has 0 spiro atoms. The highest BCUT2D eigenvalue weighted by Crippen LogP contribution is 2.20. The van der Waals surface area contributed by atoms with Crippen LogP contribution < -0.4 is 5.32 Å². The molecule has 154 valence electrons. The van der Waals surface area contributed by atoms with Gasteiger partial charge in [-0.15, -0.1) is 0 Å². The predicted octanol–water partition coefficient (Wildman–Crippen LogP) is 0.590. The number of hydrogen-bond acceptors (Lipinski definition) is 7. The van der Waals surface area contributed by atoms with Crippen molar-refractivity contribution in [3.63, 3.8) is 0 Å². The molecule has 2 aromatic rings. The van der Waals surface area contributed by atoms with Gasteiger partial charge in [0.2, 0.25) is 11.8 Å². The van der Waals surface area contributed by atoms with Crippen LogP contribution in [0.5, 0.6) is 0 Å². The number of aliphatic hydroxyl groups is 1. The summed E-state index contributed by atoms with van der Waals surface area (Å²) in [7, 11) is 1.31. The average Bonchev–Trinajstić information content (AvgIpc) is 3.31. The van der Waals surface area contributed by atoms with E-state index in [9.17, 15) is 19.5 Å². The van der Waals surface area contributed by atoms with Gasteiger partial charge >= 0.3 is 5.97 Å². The maximum Gasteiger partial charge on any atom is 0.337 e. The number of aromatic nitrogens is 1. The van der Waals surface area contributed by atoms with E-state index in [1.54, 1.807) is 37.3 Å². The van der Waals surface area contributed by atoms with Gasteiger partial charge in [-0.2, -0.15) is 0 Å². The van der Waals surface area contributed by atoms with Gasteiger partial charge in [-0.1, -0.05) is 17.3 Å². The molecule has 9 heteroatoms. The molecule has 3 rings (SSSR count). The number of esters is 1. The highest BCUT2D eigenvalue weighted by Gasteiger charge is 2.38. The van der Waals surface area contributed by atoms with Crippen LogP contribution in [0.3, 0.4) is 0 Å². The standard InChI is InChI=1S/C20H23N3O6/c1-12-7-16(29-22-12)9-18(25)23-11-15(24)8-17(23)19(26)21-10-13-3-5-14(6-4-13)20(27)28-2/h3-7,15,17,24H,8-11H2,1-2H3,(H,21,26)/t15-,17+/m1/s1. The molecule has 9 nitrogen and oxygen atoms in total. The van der Waals surface area contributed by atoms with E-state index >= 15 is 0 Å². The Kier molecular flexibility index (Phi) is 6.28. The van der Waals surface area contributed by atoms with Gasteiger partial charge in [-0.25, -0.2) is 4.79 Å². The maximum atomic E-state index is 12.6. The fraction of sp³-hybridized carbons (Fsp3) is 0.400. The quantitative estimate of drug-likeness (QED) is 0.679. The molecule has 0 radical (unpaired) electrons. The fourth-order valence-electron chi connectivity index (χ4n) is 3.27. The Balaban J connectivity index is 1.59. The van der Waals surface area contributed by atoms with Crippen LogP contribution in [0, 0.1) is 6.92 Å². The van der Waals surface area contributed by atoms with Gasteiger partial charge in [0.15, 0.2) is 0 Å². The molecule has 1 fully saturated rings. The van der Waals surface area contributed by atoms with Crippen LogP contribution >= 0.6 is 0 Å². The van der Waals surface area contributed by atoms with E-state index < -0.39 is 18.1 Å². The molecule has 0 saturated carbocycles. The molecule has 1 aromatic heterocycles. The molecule has 1 aliphatic rings. The van der Waals surface area contributed by atoms with Crippen molar-refractivity contribution in [3.8, 4) is 0 Å². The van der Waals surface area contributed by atoms with E-state index in [0.29, 0.717) is 17.0 Å². The van der Waals surface area contributed by atoms with E-state index in [0.717, 1.165) is 5.56 Å². The minimum atomic E-state index is -0.759. The van der Waals surface area contributed by atoms with Crippen molar-refractivity contribution in [2.75, 3.05) is 13.7 Å². The lowest BCUT2D eigenvalue weighted by molar-refractivity contribution is -0.138. The van der Waals surface area contributed by atoms with Crippen LogP contribution in [0.2, 0.25) is 0 Å². The second kappa shape index (κ2) is 8.87. The minimum Gasteiger partial charge on any atom is -0.465 e. The molecule has 2 amide bonds. The van der Waals surface area contributed by atoms with Crippen LogP contribution in [-0.2, 0) is 27.3 Å². The zero-order chi connectivity index (χ0) is 21.0. The second-order valence-electron chi connectivity index (χ2n) is 6.97. The van der Waals surface area contributed by atoms with Gasteiger partial charge in [0, 0.05) is 25.6 Å². The number of carbonyl (C=O) groups excluding carboxylic acids is 3. The van der Waals surface area contributed by atoms with Gasteiger partial charge in [0.05, 0.1) is 30.9 Å². The summed E-state index contributed by atoms with van der Waals surface area (Å²) in [5.41, 5.74) is 1.88. The monoisotopic (exact) mass is 401 g/mol. The molecule has 2 atom stereocenters. The number of nitrogens with zero attached hydrogens (tertiary/aromatic N) is 2. The number of hydrogen-bond donors (Lipinski definition) is 2. The van der Waals surface area contributed by atoms with Crippen molar-refractivity contribution < 1.29 is 28.8 Å². The van der Waals surface area contributed by atoms with Gasteiger partial charge in [0.25, 0.3) is 0 Å². The summed E-state index contributed by atoms with van der Waals surface area (Å²) in [5.74, 6) is -0.670. The molecule has 2 N–H and O–H groups in total. The molecular formula is C20H23N3O6. The first-order valence-corrected chi connectivity index (χ1v) is 9.22. The topological polar surface area (TPSA) is 122 Å². The SMILES string of the molecule is COC(=O)c1ccc(CNC(=O)[C@@H]2C[C@@H](O)CN2C(=O)Cc2cc(C)no2)cc1. The summed E-state index contributed by atoms with van der Waals surface area (Å²) in [6.07, 6.45) is -0.605. The number of rotatable bonds is 6. The van der Waals surface area contributed by atoms with Crippen LogP contribution in [0.4, 0.5) is 0 Å². The third-order valence-corrected chi connectivity index (χ3v) is 4.75. The molecule has 1 saturated heterocycles. The van der Waals surface area contributed by atoms with E-state index in [1.807, 2.05) is 0 Å². The first-order valence-electron chi connectivity index (χ1n) is 9.22. The van der Waals surface area contributed by atoms with Crippen molar-refractivity contribution in [1.82, 2.24) is 15.4 Å². The Hall–Kier alpha value is -3.20. The van der Waals surface area contributed by atoms with E-state index in [1.165, 1.54) is 12.0 Å². The Morgan fingerprint density at radius 3 is 2.66 bits per heavy atom. The molecule has 1 aliphatic heterocycles. The molecule has 0 unspecified atom stereocenters. The second-order valence-corrected chi connectivity index (χ2v) is 6.97. The summed E-state index contributed by atoms with van der Waals surface area (Å²) in [5, 5.41) is 16.5. The Bertz CT molecular complexity index is 892. The number of methoxy groups -OCH3 is 1. The predicted molar refractivity (Wildman–Crippen MR) is 101 cm³/mol. The van der Waals surface area contributed by atoms with Crippen LogP contribution in [0.15, 0.2) is 34.9 Å². The van der Waals surface area contributed by atoms with Crippen molar-refractivity contribution in [2.24, 2.45) is 0 Å². The van der Waals surface area contributed by atoms with Gasteiger partial charge < -0.3 is 24.6 Å². The van der Waals surface area contributed by atoms with E-state index in [-0.39, 0.29) is 37.7 Å². The summed E-state index contributed by atoms with van der Waals surface area (Å²) >= 11 is 0. The first kappa shape index (κ1) is 20.5. The smallest absolute Gasteiger partial charge is 0.337 e. The lowest BCUT2D eigenvalue weighted by Gasteiger charge is -2.23. The fourth-order valence-corrected chi connectivity index (χ4v) is 3.27. The van der Waals surface area contributed by atoms with Gasteiger partial charge in [0.1, 0.15) is 11.8 Å². The normalized spacial score (nSPS) is 18.5. The molecule has 2 heterocycles. The number of β-amino-alcohol motifs (C(OH)–C–C–N with tert-alkyl or cyclic N) is 1. The number of carbonyl (C=O) groups is 3. The van der Waals surface area contributed by atoms with Crippen molar-refractivity contribution in [1.29, 1.82) is 0 Å². The maximum absolute atomic E-state index is 12.6. The molecule has 0 aliphatic carbocycles. The third-order valence-electron chi connectivity index (χ3n) is 4.75. The molecular weight excluding hydrogens is 378 g/mol.